The van der Waals surface area contributed by atoms with Crippen LogP contribution < -0.4 is 4.74 Å². The molecule has 0 aromatic heterocycles. The van der Waals surface area contributed by atoms with Crippen LogP contribution in [0.5, 0.6) is 5.75 Å². The monoisotopic (exact) mass is 372 g/mol. The molecule has 0 saturated carbocycles. The number of amides is 1. The number of benzene rings is 2. The highest BCUT2D eigenvalue weighted by molar-refractivity contribution is 6.32. The third kappa shape index (κ3) is 4.99. The molecular formula is C21H25ClN2O2. The number of para-hydroxylation sites is 1. The fourth-order valence-corrected chi connectivity index (χ4v) is 3.40. The summed E-state index contributed by atoms with van der Waals surface area (Å²) in [5.74, 6) is 0.850. The highest BCUT2D eigenvalue weighted by Crippen LogP contribution is 2.23. The lowest BCUT2D eigenvalue weighted by Gasteiger charge is -2.22. The van der Waals surface area contributed by atoms with Gasteiger partial charge in [0, 0.05) is 38.3 Å². The van der Waals surface area contributed by atoms with Crippen molar-refractivity contribution in [3.05, 3.63) is 64.7 Å². The van der Waals surface area contributed by atoms with Crippen molar-refractivity contribution in [3.8, 4) is 5.75 Å². The molecule has 0 atom stereocenters. The summed E-state index contributed by atoms with van der Waals surface area (Å²) >= 11 is 6.11. The minimum atomic E-state index is 0.128. The second-order valence-electron chi connectivity index (χ2n) is 6.64. The van der Waals surface area contributed by atoms with Gasteiger partial charge >= 0.3 is 0 Å². The first-order valence-corrected chi connectivity index (χ1v) is 9.47. The molecule has 0 radical (unpaired) electrons. The van der Waals surface area contributed by atoms with E-state index in [1.165, 1.54) is 0 Å². The van der Waals surface area contributed by atoms with E-state index in [-0.39, 0.29) is 5.91 Å². The van der Waals surface area contributed by atoms with Crippen LogP contribution in [-0.4, -0.2) is 55.0 Å². The predicted octanol–water partition coefficient (Wildman–Crippen LogP) is 3.88. The van der Waals surface area contributed by atoms with Crippen molar-refractivity contribution in [1.29, 1.82) is 0 Å². The molecule has 0 aliphatic carbocycles. The number of ether oxygens (including phenoxy) is 1. The van der Waals surface area contributed by atoms with Crippen LogP contribution in [0.25, 0.3) is 0 Å². The van der Waals surface area contributed by atoms with Crippen molar-refractivity contribution in [3.63, 3.8) is 0 Å². The molecule has 1 heterocycles. The van der Waals surface area contributed by atoms with Crippen LogP contribution in [0.15, 0.2) is 48.5 Å². The average Bonchev–Trinajstić information content (AvgIpc) is 2.88. The number of rotatable bonds is 5. The van der Waals surface area contributed by atoms with Gasteiger partial charge in [0.15, 0.2) is 0 Å². The van der Waals surface area contributed by atoms with Gasteiger partial charge in [-0.2, -0.15) is 0 Å². The summed E-state index contributed by atoms with van der Waals surface area (Å²) < 4.78 is 5.78. The fraction of sp³-hybridized carbons (Fsp3) is 0.381. The van der Waals surface area contributed by atoms with Gasteiger partial charge in [-0.25, -0.2) is 0 Å². The number of carbonyl (C=O) groups excluding carboxylic acids is 1. The van der Waals surface area contributed by atoms with Gasteiger partial charge in [0.2, 0.25) is 0 Å². The van der Waals surface area contributed by atoms with Crippen LogP contribution in [0.1, 0.15) is 22.3 Å². The third-order valence-corrected chi connectivity index (χ3v) is 4.95. The third-order valence-electron chi connectivity index (χ3n) is 4.64. The van der Waals surface area contributed by atoms with E-state index in [0.717, 1.165) is 56.0 Å². The number of hydrogen-bond acceptors (Lipinski definition) is 3. The predicted molar refractivity (Wildman–Crippen MR) is 105 cm³/mol. The molecule has 0 unspecified atom stereocenters. The van der Waals surface area contributed by atoms with Crippen LogP contribution in [0.3, 0.4) is 0 Å². The van der Waals surface area contributed by atoms with E-state index < -0.39 is 0 Å². The maximum atomic E-state index is 12.7. The van der Waals surface area contributed by atoms with Crippen molar-refractivity contribution >= 4 is 17.5 Å². The van der Waals surface area contributed by atoms with E-state index in [1.807, 2.05) is 60.4 Å². The van der Waals surface area contributed by atoms with E-state index in [2.05, 4.69) is 4.90 Å². The summed E-state index contributed by atoms with van der Waals surface area (Å²) in [5.41, 5.74) is 1.89. The molecule has 138 valence electrons. The minimum absolute atomic E-state index is 0.128. The van der Waals surface area contributed by atoms with Gasteiger partial charge in [-0.05, 0) is 37.6 Å². The normalized spacial score (nSPS) is 15.5. The van der Waals surface area contributed by atoms with Gasteiger partial charge in [-0.1, -0.05) is 41.4 Å². The van der Waals surface area contributed by atoms with Crippen molar-refractivity contribution < 1.29 is 9.53 Å². The molecule has 5 heteroatoms. The molecule has 2 aromatic rings. The van der Waals surface area contributed by atoms with Gasteiger partial charge < -0.3 is 9.64 Å². The van der Waals surface area contributed by atoms with Gasteiger partial charge in [-0.3, -0.25) is 9.69 Å². The fourth-order valence-electron chi connectivity index (χ4n) is 3.20. The van der Waals surface area contributed by atoms with Gasteiger partial charge in [0.1, 0.15) is 12.4 Å². The number of hydrogen-bond donors (Lipinski definition) is 0. The number of aryl methyl sites for hydroxylation is 1. The summed E-state index contributed by atoms with van der Waals surface area (Å²) in [6, 6.07) is 15.3. The molecule has 1 amide bonds. The van der Waals surface area contributed by atoms with E-state index in [1.54, 1.807) is 0 Å². The number of halogens is 1. The van der Waals surface area contributed by atoms with Crippen LogP contribution in [0.2, 0.25) is 5.02 Å². The summed E-state index contributed by atoms with van der Waals surface area (Å²) in [5, 5.41) is 0.637. The molecule has 0 N–H and O–H groups in total. The van der Waals surface area contributed by atoms with Crippen molar-refractivity contribution in [1.82, 2.24) is 9.80 Å². The van der Waals surface area contributed by atoms with Crippen molar-refractivity contribution in [2.45, 2.75) is 13.3 Å². The zero-order valence-electron chi connectivity index (χ0n) is 15.2. The lowest BCUT2D eigenvalue weighted by atomic mass is 10.1. The number of nitrogens with zero attached hydrogens (tertiary/aromatic N) is 2. The molecule has 1 fully saturated rings. The Hall–Kier alpha value is -2.04. The first-order valence-electron chi connectivity index (χ1n) is 9.09. The van der Waals surface area contributed by atoms with Crippen molar-refractivity contribution in [2.24, 2.45) is 0 Å². The Morgan fingerprint density at radius 2 is 1.92 bits per heavy atom. The quantitative estimate of drug-likeness (QED) is 0.798. The van der Waals surface area contributed by atoms with Gasteiger partial charge in [-0.15, -0.1) is 0 Å². The Morgan fingerprint density at radius 1 is 1.08 bits per heavy atom. The van der Waals surface area contributed by atoms with Gasteiger partial charge in [0.05, 0.1) is 5.02 Å². The molecule has 3 rings (SSSR count). The lowest BCUT2D eigenvalue weighted by Crippen LogP contribution is -2.36. The molecule has 0 spiro atoms. The summed E-state index contributed by atoms with van der Waals surface area (Å²) in [7, 11) is 0. The SMILES string of the molecule is Cc1cccc(C(=O)N2CCCN(CCOc3ccccc3Cl)CC2)c1. The standard InChI is InChI=1S/C21H25ClN2O2/c1-17-6-4-7-18(16-17)21(25)24-11-5-10-23(12-13-24)14-15-26-20-9-3-2-8-19(20)22/h2-4,6-9,16H,5,10-15H2,1H3. The molecule has 26 heavy (non-hydrogen) atoms. The molecule has 1 aliphatic heterocycles. The Labute approximate surface area is 160 Å². The van der Waals surface area contributed by atoms with Crippen LogP contribution in [0.4, 0.5) is 0 Å². The maximum Gasteiger partial charge on any atom is 0.253 e. The largest absolute Gasteiger partial charge is 0.491 e. The van der Waals surface area contributed by atoms with E-state index >= 15 is 0 Å². The minimum Gasteiger partial charge on any atom is -0.491 e. The van der Waals surface area contributed by atoms with Crippen LogP contribution >= 0.6 is 11.6 Å². The molecule has 0 bridgehead atoms. The Balaban J connectivity index is 1.49. The highest BCUT2D eigenvalue weighted by atomic mass is 35.5. The summed E-state index contributed by atoms with van der Waals surface area (Å²) in [6.45, 7) is 6.83. The van der Waals surface area contributed by atoms with Gasteiger partial charge in [0.25, 0.3) is 5.91 Å². The Morgan fingerprint density at radius 3 is 2.73 bits per heavy atom. The molecular weight excluding hydrogens is 348 g/mol. The highest BCUT2D eigenvalue weighted by Gasteiger charge is 2.20. The van der Waals surface area contributed by atoms with Crippen LogP contribution in [0, 0.1) is 6.92 Å². The summed E-state index contributed by atoms with van der Waals surface area (Å²) in [6.07, 6.45) is 0.976. The topological polar surface area (TPSA) is 32.8 Å². The smallest absolute Gasteiger partial charge is 0.253 e. The molecule has 2 aromatic carbocycles. The van der Waals surface area contributed by atoms with Crippen LogP contribution in [-0.2, 0) is 0 Å². The lowest BCUT2D eigenvalue weighted by molar-refractivity contribution is 0.0760. The second kappa shape index (κ2) is 9.06. The Kier molecular flexibility index (Phi) is 6.53. The van der Waals surface area contributed by atoms with E-state index in [9.17, 15) is 4.79 Å². The first kappa shape index (κ1) is 18.7. The Bertz CT molecular complexity index is 750. The van der Waals surface area contributed by atoms with E-state index in [0.29, 0.717) is 11.6 Å². The summed E-state index contributed by atoms with van der Waals surface area (Å²) in [4.78, 5) is 17.0. The maximum absolute atomic E-state index is 12.7. The zero-order valence-corrected chi connectivity index (χ0v) is 15.9. The van der Waals surface area contributed by atoms with Crippen molar-refractivity contribution in [2.75, 3.05) is 39.3 Å². The zero-order chi connectivity index (χ0) is 18.4. The molecule has 1 saturated heterocycles. The van der Waals surface area contributed by atoms with E-state index in [4.69, 9.17) is 16.3 Å². The molecule has 1 aliphatic rings. The molecule has 4 nitrogen and oxygen atoms in total. The average molecular weight is 373 g/mol. The first-order chi connectivity index (χ1) is 12.6. The second-order valence-corrected chi connectivity index (χ2v) is 7.04. The number of carbonyl (C=O) groups is 1.